The lowest BCUT2D eigenvalue weighted by Crippen LogP contribution is -2.24. The number of hydrogen-bond acceptors (Lipinski definition) is 3. The van der Waals surface area contributed by atoms with Crippen LogP contribution in [0.2, 0.25) is 0 Å². The van der Waals surface area contributed by atoms with E-state index in [-0.39, 0.29) is 5.82 Å². The fourth-order valence-corrected chi connectivity index (χ4v) is 1.26. The standard InChI is InChI=1S/C11H17FN2O/c1-13-5-6-14-8-9-3-4-10(12)11(7-9)15-2/h3-4,7,13-14H,5-6,8H2,1-2H3. The lowest BCUT2D eigenvalue weighted by Gasteiger charge is -2.07. The van der Waals surface area contributed by atoms with Crippen molar-refractivity contribution in [3.8, 4) is 5.75 Å². The van der Waals surface area contributed by atoms with E-state index >= 15 is 0 Å². The SMILES string of the molecule is CNCCNCc1ccc(F)c(OC)c1. The number of rotatable bonds is 6. The van der Waals surface area contributed by atoms with Gasteiger partial charge in [0.25, 0.3) is 0 Å². The van der Waals surface area contributed by atoms with Gasteiger partial charge in [-0.3, -0.25) is 0 Å². The summed E-state index contributed by atoms with van der Waals surface area (Å²) in [6.07, 6.45) is 0. The van der Waals surface area contributed by atoms with Crippen molar-refractivity contribution in [3.05, 3.63) is 29.6 Å². The first-order chi connectivity index (χ1) is 7.27. The van der Waals surface area contributed by atoms with Crippen LogP contribution in [-0.4, -0.2) is 27.2 Å². The molecule has 0 radical (unpaired) electrons. The van der Waals surface area contributed by atoms with Crippen LogP contribution in [0.1, 0.15) is 5.56 Å². The highest BCUT2D eigenvalue weighted by atomic mass is 19.1. The molecule has 1 rings (SSSR count). The molecule has 0 spiro atoms. The summed E-state index contributed by atoms with van der Waals surface area (Å²) in [5.74, 6) is -0.0283. The highest BCUT2D eigenvalue weighted by Gasteiger charge is 2.02. The van der Waals surface area contributed by atoms with Crippen molar-refractivity contribution >= 4 is 0 Å². The molecule has 15 heavy (non-hydrogen) atoms. The van der Waals surface area contributed by atoms with Crippen molar-refractivity contribution in [2.45, 2.75) is 6.54 Å². The zero-order chi connectivity index (χ0) is 11.1. The largest absolute Gasteiger partial charge is 0.494 e. The zero-order valence-electron chi connectivity index (χ0n) is 9.14. The van der Waals surface area contributed by atoms with Crippen LogP contribution >= 0.6 is 0 Å². The van der Waals surface area contributed by atoms with Gasteiger partial charge in [0.2, 0.25) is 0 Å². The van der Waals surface area contributed by atoms with Crippen molar-refractivity contribution < 1.29 is 9.13 Å². The summed E-state index contributed by atoms with van der Waals surface area (Å²) in [5, 5.41) is 6.27. The topological polar surface area (TPSA) is 33.3 Å². The summed E-state index contributed by atoms with van der Waals surface area (Å²) in [6.45, 7) is 2.52. The molecule has 0 fully saturated rings. The molecule has 0 aliphatic heterocycles. The van der Waals surface area contributed by atoms with Crippen LogP contribution < -0.4 is 15.4 Å². The average molecular weight is 212 g/mol. The van der Waals surface area contributed by atoms with Crippen molar-refractivity contribution in [2.24, 2.45) is 0 Å². The number of halogens is 1. The molecule has 0 saturated heterocycles. The minimum atomic E-state index is -0.323. The first kappa shape index (κ1) is 11.9. The van der Waals surface area contributed by atoms with Crippen LogP contribution in [-0.2, 0) is 6.54 Å². The number of nitrogens with one attached hydrogen (secondary N) is 2. The van der Waals surface area contributed by atoms with Gasteiger partial charge >= 0.3 is 0 Å². The number of hydrogen-bond donors (Lipinski definition) is 2. The van der Waals surface area contributed by atoms with Crippen molar-refractivity contribution in [2.75, 3.05) is 27.2 Å². The lowest BCUT2D eigenvalue weighted by atomic mass is 10.2. The molecular weight excluding hydrogens is 195 g/mol. The second-order valence-electron chi connectivity index (χ2n) is 3.25. The second-order valence-corrected chi connectivity index (χ2v) is 3.25. The molecule has 0 saturated carbocycles. The maximum absolute atomic E-state index is 13.1. The Morgan fingerprint density at radius 3 is 2.80 bits per heavy atom. The molecule has 0 aromatic heterocycles. The molecule has 84 valence electrons. The van der Waals surface area contributed by atoms with Crippen LogP contribution in [0, 0.1) is 5.82 Å². The van der Waals surface area contributed by atoms with Gasteiger partial charge in [-0.15, -0.1) is 0 Å². The summed E-state index contributed by atoms with van der Waals surface area (Å²) in [6, 6.07) is 4.89. The predicted molar refractivity (Wildman–Crippen MR) is 58.6 cm³/mol. The van der Waals surface area contributed by atoms with Crippen LogP contribution in [0.25, 0.3) is 0 Å². The van der Waals surface area contributed by atoms with E-state index in [4.69, 9.17) is 4.74 Å². The third kappa shape index (κ3) is 3.85. The van der Waals surface area contributed by atoms with E-state index in [0.717, 1.165) is 25.2 Å². The van der Waals surface area contributed by atoms with Gasteiger partial charge in [-0.2, -0.15) is 0 Å². The zero-order valence-corrected chi connectivity index (χ0v) is 9.14. The molecule has 4 heteroatoms. The van der Waals surface area contributed by atoms with E-state index < -0.39 is 0 Å². The van der Waals surface area contributed by atoms with Crippen molar-refractivity contribution in [3.63, 3.8) is 0 Å². The molecule has 0 amide bonds. The monoisotopic (exact) mass is 212 g/mol. The quantitative estimate of drug-likeness (QED) is 0.694. The lowest BCUT2D eigenvalue weighted by molar-refractivity contribution is 0.385. The fourth-order valence-electron chi connectivity index (χ4n) is 1.26. The molecule has 1 aromatic carbocycles. The third-order valence-corrected chi connectivity index (χ3v) is 2.10. The van der Waals surface area contributed by atoms with E-state index in [2.05, 4.69) is 10.6 Å². The Bertz CT molecular complexity index is 305. The smallest absolute Gasteiger partial charge is 0.165 e. The van der Waals surface area contributed by atoms with Gasteiger partial charge in [0.05, 0.1) is 7.11 Å². The van der Waals surface area contributed by atoms with Gasteiger partial charge in [0.1, 0.15) is 0 Å². The average Bonchev–Trinajstić information content (AvgIpc) is 2.26. The van der Waals surface area contributed by atoms with E-state index in [1.165, 1.54) is 13.2 Å². The van der Waals surface area contributed by atoms with Crippen LogP contribution in [0.3, 0.4) is 0 Å². The first-order valence-corrected chi connectivity index (χ1v) is 4.95. The molecule has 1 aromatic rings. The molecule has 0 bridgehead atoms. The normalized spacial score (nSPS) is 10.3. The molecule has 0 aliphatic rings. The summed E-state index contributed by atoms with van der Waals surface area (Å²) >= 11 is 0. The van der Waals surface area contributed by atoms with E-state index in [1.54, 1.807) is 12.1 Å². The molecule has 0 heterocycles. The maximum Gasteiger partial charge on any atom is 0.165 e. The number of likely N-dealkylation sites (N-methyl/N-ethyl adjacent to an activating group) is 1. The van der Waals surface area contributed by atoms with E-state index in [0.29, 0.717) is 5.75 Å². The van der Waals surface area contributed by atoms with Gasteiger partial charge < -0.3 is 15.4 Å². The second kappa shape index (κ2) is 6.37. The highest BCUT2D eigenvalue weighted by molar-refractivity contribution is 5.30. The summed E-state index contributed by atoms with van der Waals surface area (Å²) in [7, 11) is 3.37. The molecule has 2 N–H and O–H groups in total. The molecule has 0 atom stereocenters. The fraction of sp³-hybridized carbons (Fsp3) is 0.455. The Hall–Kier alpha value is -1.13. The number of ether oxygens (including phenoxy) is 1. The molecule has 0 unspecified atom stereocenters. The Morgan fingerprint density at radius 2 is 2.13 bits per heavy atom. The number of benzene rings is 1. The molecule has 3 nitrogen and oxygen atoms in total. The Labute approximate surface area is 89.6 Å². The summed E-state index contributed by atoms with van der Waals surface area (Å²) < 4.78 is 18.0. The maximum atomic E-state index is 13.1. The van der Waals surface area contributed by atoms with Gasteiger partial charge in [-0.05, 0) is 24.7 Å². The minimum Gasteiger partial charge on any atom is -0.494 e. The molecular formula is C11H17FN2O. The Kier molecular flexibility index (Phi) is 5.07. The molecule has 0 aliphatic carbocycles. The minimum absolute atomic E-state index is 0.294. The van der Waals surface area contributed by atoms with E-state index in [9.17, 15) is 4.39 Å². The van der Waals surface area contributed by atoms with E-state index in [1.807, 2.05) is 7.05 Å². The number of methoxy groups -OCH3 is 1. The van der Waals surface area contributed by atoms with Gasteiger partial charge in [-0.25, -0.2) is 4.39 Å². The highest BCUT2D eigenvalue weighted by Crippen LogP contribution is 2.17. The van der Waals surface area contributed by atoms with Crippen LogP contribution in [0.5, 0.6) is 5.75 Å². The Balaban J connectivity index is 2.47. The predicted octanol–water partition coefficient (Wildman–Crippen LogP) is 1.14. The van der Waals surface area contributed by atoms with Gasteiger partial charge in [-0.1, -0.05) is 6.07 Å². The third-order valence-electron chi connectivity index (χ3n) is 2.10. The van der Waals surface area contributed by atoms with Crippen LogP contribution in [0.15, 0.2) is 18.2 Å². The first-order valence-electron chi connectivity index (χ1n) is 4.95. The van der Waals surface area contributed by atoms with Crippen molar-refractivity contribution in [1.29, 1.82) is 0 Å². The summed E-state index contributed by atoms with van der Waals surface area (Å²) in [5.41, 5.74) is 1.02. The summed E-state index contributed by atoms with van der Waals surface area (Å²) in [4.78, 5) is 0. The van der Waals surface area contributed by atoms with Crippen molar-refractivity contribution in [1.82, 2.24) is 10.6 Å². The van der Waals surface area contributed by atoms with Gasteiger partial charge in [0, 0.05) is 19.6 Å². The Morgan fingerprint density at radius 1 is 1.33 bits per heavy atom. The van der Waals surface area contributed by atoms with Crippen LogP contribution in [0.4, 0.5) is 4.39 Å². The van der Waals surface area contributed by atoms with Gasteiger partial charge in [0.15, 0.2) is 11.6 Å².